The summed E-state index contributed by atoms with van der Waals surface area (Å²) in [6.45, 7) is 2.25. The number of hydrogen-bond acceptors (Lipinski definition) is 5. The fraction of sp³-hybridized carbons (Fsp3) is 0.471. The third kappa shape index (κ3) is 2.66. The lowest BCUT2D eigenvalue weighted by Crippen LogP contribution is -2.47. The van der Waals surface area contributed by atoms with E-state index in [9.17, 15) is 9.18 Å². The summed E-state index contributed by atoms with van der Waals surface area (Å²) in [5, 5.41) is 3.95. The fourth-order valence-electron chi connectivity index (χ4n) is 3.88. The highest BCUT2D eigenvalue weighted by molar-refractivity contribution is 7.07. The summed E-state index contributed by atoms with van der Waals surface area (Å²) in [7, 11) is 0. The molecule has 1 aromatic heterocycles. The quantitative estimate of drug-likeness (QED) is 0.853. The molecule has 1 saturated heterocycles. The van der Waals surface area contributed by atoms with Crippen molar-refractivity contribution in [1.82, 2.24) is 14.5 Å². The Labute approximate surface area is 143 Å². The SMILES string of the molecule is Cc1nnsc1C(=O)N1[C@@H]2CC[C@@H](C2)[C@H]1COc1ccc(F)cc1. The van der Waals surface area contributed by atoms with Crippen LogP contribution in [0.2, 0.25) is 0 Å². The first-order valence-corrected chi connectivity index (χ1v) is 8.91. The van der Waals surface area contributed by atoms with Crippen molar-refractivity contribution in [2.45, 2.75) is 38.3 Å². The van der Waals surface area contributed by atoms with Crippen LogP contribution in [0.25, 0.3) is 0 Å². The average Bonchev–Trinajstić information content (AvgIpc) is 3.29. The van der Waals surface area contributed by atoms with Gasteiger partial charge in [-0.15, -0.1) is 5.10 Å². The fourth-order valence-corrected chi connectivity index (χ4v) is 4.48. The van der Waals surface area contributed by atoms with E-state index < -0.39 is 0 Å². The predicted molar refractivity (Wildman–Crippen MR) is 87.6 cm³/mol. The van der Waals surface area contributed by atoms with Crippen molar-refractivity contribution in [2.75, 3.05) is 6.61 Å². The molecule has 0 spiro atoms. The van der Waals surface area contributed by atoms with Gasteiger partial charge in [0.2, 0.25) is 0 Å². The molecule has 0 radical (unpaired) electrons. The molecule has 24 heavy (non-hydrogen) atoms. The normalized spacial score (nSPS) is 25.2. The highest BCUT2D eigenvalue weighted by atomic mass is 32.1. The van der Waals surface area contributed by atoms with Crippen molar-refractivity contribution in [3.8, 4) is 5.75 Å². The predicted octanol–water partition coefficient (Wildman–Crippen LogP) is 3.06. The van der Waals surface area contributed by atoms with Crippen molar-refractivity contribution < 1.29 is 13.9 Å². The molecule has 2 aliphatic rings. The van der Waals surface area contributed by atoms with Gasteiger partial charge in [-0.25, -0.2) is 4.39 Å². The maximum Gasteiger partial charge on any atom is 0.268 e. The van der Waals surface area contributed by atoms with Gasteiger partial charge in [0.1, 0.15) is 23.1 Å². The van der Waals surface area contributed by atoms with Crippen LogP contribution in [0.3, 0.4) is 0 Å². The van der Waals surface area contributed by atoms with Crippen LogP contribution < -0.4 is 4.74 Å². The van der Waals surface area contributed by atoms with E-state index in [0.29, 0.717) is 28.8 Å². The van der Waals surface area contributed by atoms with Crippen LogP contribution in [0.5, 0.6) is 5.75 Å². The summed E-state index contributed by atoms with van der Waals surface area (Å²) in [5.41, 5.74) is 0.686. The van der Waals surface area contributed by atoms with Gasteiger partial charge in [0, 0.05) is 6.04 Å². The van der Waals surface area contributed by atoms with Crippen LogP contribution in [0.4, 0.5) is 4.39 Å². The minimum Gasteiger partial charge on any atom is -0.491 e. The first-order chi connectivity index (χ1) is 11.6. The lowest BCUT2D eigenvalue weighted by Gasteiger charge is -2.34. The number of halogens is 1. The molecule has 2 aromatic rings. The van der Waals surface area contributed by atoms with E-state index in [1.54, 1.807) is 12.1 Å². The minimum absolute atomic E-state index is 0.0161. The maximum absolute atomic E-state index is 13.0. The Morgan fingerprint density at radius 2 is 2.17 bits per heavy atom. The van der Waals surface area contributed by atoms with Gasteiger partial charge in [0.25, 0.3) is 5.91 Å². The molecule has 1 saturated carbocycles. The smallest absolute Gasteiger partial charge is 0.268 e. The molecular weight excluding hydrogens is 329 g/mol. The summed E-state index contributed by atoms with van der Waals surface area (Å²) < 4.78 is 22.7. The summed E-state index contributed by atoms with van der Waals surface area (Å²) >= 11 is 1.16. The second kappa shape index (κ2) is 6.12. The van der Waals surface area contributed by atoms with Gasteiger partial charge < -0.3 is 9.64 Å². The standard InChI is InChI=1S/C17H18FN3O2S/c1-10-16(24-20-19-10)17(22)21-13-5-2-11(8-13)15(21)9-23-14-6-3-12(18)4-7-14/h3-4,6-7,11,13,15H,2,5,8-9H2,1H3/t11-,13+,15+/m0/s1. The van der Waals surface area contributed by atoms with Gasteiger partial charge >= 0.3 is 0 Å². The molecule has 4 rings (SSSR count). The van der Waals surface area contributed by atoms with Crippen LogP contribution in [0.1, 0.15) is 34.6 Å². The molecule has 0 N–H and O–H groups in total. The van der Waals surface area contributed by atoms with E-state index >= 15 is 0 Å². The molecule has 0 unspecified atom stereocenters. The van der Waals surface area contributed by atoms with E-state index in [2.05, 4.69) is 9.59 Å². The van der Waals surface area contributed by atoms with Crippen LogP contribution in [-0.2, 0) is 0 Å². The number of likely N-dealkylation sites (tertiary alicyclic amines) is 1. The van der Waals surface area contributed by atoms with Crippen LogP contribution in [0, 0.1) is 18.7 Å². The number of benzene rings is 1. The molecule has 1 aliphatic heterocycles. The molecule has 1 aliphatic carbocycles. The molecule has 1 aromatic carbocycles. The second-order valence-corrected chi connectivity index (χ2v) is 7.21. The zero-order valence-corrected chi connectivity index (χ0v) is 14.1. The van der Waals surface area contributed by atoms with Gasteiger partial charge in [0.05, 0.1) is 11.7 Å². The molecule has 2 bridgehead atoms. The molecular formula is C17H18FN3O2S. The van der Waals surface area contributed by atoms with E-state index in [-0.39, 0.29) is 23.8 Å². The van der Waals surface area contributed by atoms with Gasteiger partial charge in [-0.2, -0.15) is 0 Å². The maximum atomic E-state index is 13.0. The second-order valence-electron chi connectivity index (χ2n) is 6.46. The number of amides is 1. The zero-order valence-electron chi connectivity index (χ0n) is 13.3. The Balaban J connectivity index is 1.51. The Bertz CT molecular complexity index is 749. The van der Waals surface area contributed by atoms with E-state index in [1.165, 1.54) is 12.1 Å². The highest BCUT2D eigenvalue weighted by Gasteiger charge is 2.49. The van der Waals surface area contributed by atoms with Crippen molar-refractivity contribution in [2.24, 2.45) is 5.92 Å². The number of rotatable bonds is 4. The number of fused-ring (bicyclic) bond motifs is 2. The van der Waals surface area contributed by atoms with Crippen LogP contribution >= 0.6 is 11.5 Å². The van der Waals surface area contributed by atoms with Crippen molar-refractivity contribution in [3.63, 3.8) is 0 Å². The Hall–Kier alpha value is -2.02. The summed E-state index contributed by atoms with van der Waals surface area (Å²) in [6, 6.07) is 6.34. The third-order valence-corrected chi connectivity index (χ3v) is 5.87. The summed E-state index contributed by atoms with van der Waals surface area (Å²) in [4.78, 5) is 15.5. The Morgan fingerprint density at radius 3 is 2.88 bits per heavy atom. The topological polar surface area (TPSA) is 55.3 Å². The van der Waals surface area contributed by atoms with Crippen molar-refractivity contribution >= 4 is 17.4 Å². The lowest BCUT2D eigenvalue weighted by atomic mass is 9.99. The first-order valence-electron chi connectivity index (χ1n) is 8.13. The summed E-state index contributed by atoms with van der Waals surface area (Å²) in [6.07, 6.45) is 3.22. The highest BCUT2D eigenvalue weighted by Crippen LogP contribution is 2.43. The average molecular weight is 347 g/mol. The Morgan fingerprint density at radius 1 is 1.38 bits per heavy atom. The molecule has 2 heterocycles. The molecule has 5 nitrogen and oxygen atoms in total. The number of nitrogens with zero attached hydrogens (tertiary/aromatic N) is 3. The van der Waals surface area contributed by atoms with Gasteiger partial charge in [-0.3, -0.25) is 4.79 Å². The number of ether oxygens (including phenoxy) is 1. The molecule has 126 valence electrons. The van der Waals surface area contributed by atoms with Gasteiger partial charge in [-0.1, -0.05) is 4.49 Å². The van der Waals surface area contributed by atoms with Crippen LogP contribution in [0.15, 0.2) is 24.3 Å². The van der Waals surface area contributed by atoms with E-state index in [1.807, 2.05) is 11.8 Å². The minimum atomic E-state index is -0.285. The van der Waals surface area contributed by atoms with E-state index in [0.717, 1.165) is 30.8 Å². The summed E-state index contributed by atoms with van der Waals surface area (Å²) in [5.74, 6) is 0.831. The number of hydrogen-bond donors (Lipinski definition) is 0. The monoisotopic (exact) mass is 347 g/mol. The Kier molecular flexibility index (Phi) is 3.96. The number of carbonyl (C=O) groups excluding carboxylic acids is 1. The number of piperidine rings is 1. The zero-order chi connectivity index (χ0) is 16.7. The lowest BCUT2D eigenvalue weighted by molar-refractivity contribution is 0.0509. The van der Waals surface area contributed by atoms with Crippen LogP contribution in [-0.4, -0.2) is 39.1 Å². The van der Waals surface area contributed by atoms with Crippen molar-refractivity contribution in [3.05, 3.63) is 40.7 Å². The van der Waals surface area contributed by atoms with Gasteiger partial charge in [0.15, 0.2) is 0 Å². The number of carbonyl (C=O) groups is 1. The number of aromatic nitrogens is 2. The molecule has 2 fully saturated rings. The van der Waals surface area contributed by atoms with Gasteiger partial charge in [-0.05, 0) is 67.9 Å². The largest absolute Gasteiger partial charge is 0.491 e. The van der Waals surface area contributed by atoms with Crippen molar-refractivity contribution in [1.29, 1.82) is 0 Å². The first kappa shape index (κ1) is 15.5. The van der Waals surface area contributed by atoms with E-state index in [4.69, 9.17) is 4.74 Å². The number of aryl methyl sites for hydroxylation is 1. The molecule has 3 atom stereocenters. The molecule has 1 amide bonds. The molecule has 7 heteroatoms. The third-order valence-electron chi connectivity index (χ3n) is 5.06.